The average Bonchev–Trinajstić information content (AvgIpc) is 3.67. The maximum Gasteiger partial charge on any atom is 0.148 e. The molecule has 0 aliphatic heterocycles. The van der Waals surface area contributed by atoms with Crippen LogP contribution in [0.15, 0.2) is 134 Å². The van der Waals surface area contributed by atoms with Gasteiger partial charge in [-0.05, 0) is 97.2 Å². The van der Waals surface area contributed by atoms with E-state index in [9.17, 15) is 6.48 Å². The molecule has 0 amide bonds. The number of rotatable bonds is 7. The van der Waals surface area contributed by atoms with Crippen LogP contribution in [0.5, 0.6) is 5.75 Å². The first kappa shape index (κ1) is 44.9. The minimum Gasteiger partial charge on any atom is -0.507 e. The van der Waals surface area contributed by atoms with Crippen molar-refractivity contribution in [1.82, 2.24) is 14.5 Å². The maximum atomic E-state index is 12.6. The van der Waals surface area contributed by atoms with Crippen LogP contribution in [0.25, 0.3) is 72.7 Å². The Bertz CT molecular complexity index is 3320. The number of phenolic OH excluding ortho intramolecular Hbond substituents is 1. The van der Waals surface area contributed by atoms with E-state index in [-0.39, 0.29) is 60.7 Å². The van der Waals surface area contributed by atoms with E-state index in [1.54, 1.807) is 18.2 Å². The van der Waals surface area contributed by atoms with Crippen molar-refractivity contribution in [1.29, 1.82) is 0 Å². The summed E-state index contributed by atoms with van der Waals surface area (Å²) < 4.78 is 38.5. The molecule has 2 aromatic heterocycles. The Morgan fingerprint density at radius 3 is 1.81 bits per heavy atom. The molecule has 0 aliphatic rings. The topological polar surface area (TPSA) is 50.9 Å². The summed E-state index contributed by atoms with van der Waals surface area (Å²) in [5, 5.41) is 12.6. The Morgan fingerprint density at radius 1 is 0.574 bits per heavy atom. The maximum absolute atomic E-state index is 12.6. The molecule has 0 fully saturated rings. The van der Waals surface area contributed by atoms with E-state index >= 15 is 0 Å². The van der Waals surface area contributed by atoms with Crippen molar-refractivity contribution in [2.75, 3.05) is 0 Å². The van der Waals surface area contributed by atoms with Crippen LogP contribution in [0.3, 0.4) is 0 Å². The van der Waals surface area contributed by atoms with E-state index in [2.05, 4.69) is 173 Å². The molecular formula is C63H70N3OPt-. The number of benzene rings is 6. The Hall–Kier alpha value is -5.57. The van der Waals surface area contributed by atoms with Gasteiger partial charge in [0.15, 0.2) is 0 Å². The molecule has 68 heavy (non-hydrogen) atoms. The van der Waals surface area contributed by atoms with Gasteiger partial charge in [-0.1, -0.05) is 200 Å². The second kappa shape index (κ2) is 18.4. The van der Waals surface area contributed by atoms with Crippen LogP contribution in [0, 0.1) is 11.5 Å². The summed E-state index contributed by atoms with van der Waals surface area (Å²) in [4.78, 5) is 10.3. The van der Waals surface area contributed by atoms with Crippen LogP contribution in [0.2, 0.25) is 0 Å². The number of para-hydroxylation sites is 1. The normalized spacial score (nSPS) is 13.7. The first-order valence-electron chi connectivity index (χ1n) is 25.6. The zero-order chi connectivity index (χ0) is 52.0. The molecule has 5 heteroatoms. The van der Waals surface area contributed by atoms with Crippen molar-refractivity contribution in [3.05, 3.63) is 167 Å². The molecule has 0 atom stereocenters. The number of fused-ring (bicyclic) bond motifs is 1. The van der Waals surface area contributed by atoms with E-state index in [1.165, 1.54) is 5.56 Å². The van der Waals surface area contributed by atoms with E-state index in [0.29, 0.717) is 39.3 Å². The van der Waals surface area contributed by atoms with E-state index in [4.69, 9.17) is 14.1 Å². The molecule has 4 nitrogen and oxygen atoms in total. The summed E-state index contributed by atoms with van der Waals surface area (Å²) in [7, 11) is 0. The summed E-state index contributed by atoms with van der Waals surface area (Å²) in [5.41, 5.74) is 12.0. The van der Waals surface area contributed by atoms with Crippen LogP contribution < -0.4 is 0 Å². The van der Waals surface area contributed by atoms with Crippen molar-refractivity contribution in [2.24, 2.45) is 5.41 Å². The Balaban J connectivity index is 0.00000760. The molecule has 0 saturated carbocycles. The second-order valence-electron chi connectivity index (χ2n) is 23.4. The van der Waals surface area contributed by atoms with Crippen molar-refractivity contribution >= 4 is 11.0 Å². The number of aromatic hydroxyl groups is 1. The average molecular weight is 1080 g/mol. The number of hydrogen-bond acceptors (Lipinski definition) is 3. The standard InChI is InChI=1S/C63H70N3O.Pt/c1-59(2,3)39-40-24-26-41(27-25-40)43-30-31-64-53(35-43)45-32-44(33-47(34-45)61(7,8)9)49-22-19-23-55-56(49)65-58(51-37-48(62(10,11)12)38-52(57(51)67)63(13,14)15)66(55)54-29-28-46(60(4,5)6)36-50(54)42-20-17-16-18-21-42;/h16-31,33-38,67H,39H2,1-15H3;/q-1;/i31D,35D,39D2;. The number of hydrogen-bond donors (Lipinski definition) is 1. The molecule has 0 saturated heterocycles. The van der Waals surface area contributed by atoms with Gasteiger partial charge in [0.2, 0.25) is 0 Å². The van der Waals surface area contributed by atoms with Gasteiger partial charge in [-0.2, -0.15) is 0 Å². The Labute approximate surface area is 427 Å². The largest absolute Gasteiger partial charge is 0.507 e. The molecule has 8 rings (SSSR count). The first-order chi connectivity index (χ1) is 32.9. The Kier molecular flexibility index (Phi) is 12.1. The SMILES string of the molecule is [2H]c1cc(-c2ccc(C([2H])([2H])C(C)(C)C)cc2)c([2H])c(-c2[c-]c(-c3cccc4c3nc(-c3cc(C(C)(C)C)cc(C(C)(C)C)c3O)n4-c3ccc(C(C)(C)C)cc3-c3ccccc3)cc(C(C)(C)C)c2)n1.[Pt]. The van der Waals surface area contributed by atoms with Crippen LogP contribution in [0.4, 0.5) is 0 Å². The molecule has 6 aromatic carbocycles. The van der Waals surface area contributed by atoms with Gasteiger partial charge in [-0.25, -0.2) is 4.98 Å². The molecule has 0 spiro atoms. The van der Waals surface area contributed by atoms with Crippen LogP contribution in [-0.4, -0.2) is 19.6 Å². The van der Waals surface area contributed by atoms with Crippen LogP contribution in [0.1, 0.15) is 137 Å². The fourth-order valence-electron chi connectivity index (χ4n) is 8.68. The number of phenols is 1. The first-order valence-corrected chi connectivity index (χ1v) is 23.6. The molecule has 8 aromatic rings. The van der Waals surface area contributed by atoms with Gasteiger partial charge in [0.25, 0.3) is 0 Å². The Morgan fingerprint density at radius 2 is 1.19 bits per heavy atom. The predicted molar refractivity (Wildman–Crippen MR) is 285 cm³/mol. The van der Waals surface area contributed by atoms with Gasteiger partial charge >= 0.3 is 0 Å². The summed E-state index contributed by atoms with van der Waals surface area (Å²) >= 11 is 0. The molecule has 354 valence electrons. The van der Waals surface area contributed by atoms with Crippen molar-refractivity contribution in [2.45, 2.75) is 132 Å². The van der Waals surface area contributed by atoms with Gasteiger partial charge in [-0.15, -0.1) is 29.3 Å². The minimum atomic E-state index is -1.58. The number of aromatic nitrogens is 3. The third-order valence-corrected chi connectivity index (χ3v) is 12.5. The van der Waals surface area contributed by atoms with Gasteiger partial charge < -0.3 is 5.11 Å². The third kappa shape index (κ3) is 10.5. The number of pyridine rings is 1. The summed E-state index contributed by atoms with van der Waals surface area (Å²) in [6.07, 6.45) is -1.56. The molecule has 0 radical (unpaired) electrons. The summed E-state index contributed by atoms with van der Waals surface area (Å²) in [6, 6.07) is 44.5. The predicted octanol–water partition coefficient (Wildman–Crippen LogP) is 17.0. The molecule has 1 N–H and O–H groups in total. The van der Waals surface area contributed by atoms with Crippen LogP contribution in [-0.2, 0) is 49.1 Å². The van der Waals surface area contributed by atoms with Crippen molar-refractivity contribution < 1.29 is 31.7 Å². The minimum absolute atomic E-state index is 0. The van der Waals surface area contributed by atoms with Crippen LogP contribution >= 0.6 is 0 Å². The number of nitrogens with zero attached hydrogens (tertiary/aromatic N) is 3. The van der Waals surface area contributed by atoms with Crippen molar-refractivity contribution in [3.63, 3.8) is 0 Å². The van der Waals surface area contributed by atoms with E-state index in [0.717, 1.165) is 55.7 Å². The van der Waals surface area contributed by atoms with E-state index < -0.39 is 11.8 Å². The smallest absolute Gasteiger partial charge is 0.148 e. The van der Waals surface area contributed by atoms with Gasteiger partial charge in [0, 0.05) is 46.8 Å². The zero-order valence-corrected chi connectivity index (χ0v) is 44.9. The van der Waals surface area contributed by atoms with Gasteiger partial charge in [-0.3, -0.25) is 9.55 Å². The monoisotopic (exact) mass is 1080 g/mol. The van der Waals surface area contributed by atoms with Gasteiger partial charge in [0.05, 0.1) is 25.0 Å². The second-order valence-corrected chi connectivity index (χ2v) is 23.4. The summed E-state index contributed by atoms with van der Waals surface area (Å²) in [5.74, 6) is 0.806. The van der Waals surface area contributed by atoms with Crippen molar-refractivity contribution in [3.8, 4) is 67.5 Å². The molecule has 0 bridgehead atoms. The van der Waals surface area contributed by atoms with Gasteiger partial charge in [0.1, 0.15) is 11.6 Å². The zero-order valence-electron chi connectivity index (χ0n) is 46.7. The fraction of sp³-hybridized carbons (Fsp3) is 0.333. The number of imidazole rings is 1. The quantitative estimate of drug-likeness (QED) is 0.162. The summed E-state index contributed by atoms with van der Waals surface area (Å²) in [6.45, 7) is 31.8. The molecule has 2 heterocycles. The molecule has 0 aliphatic carbocycles. The molecular weight excluding hydrogens is 1010 g/mol. The fourth-order valence-corrected chi connectivity index (χ4v) is 8.68. The van der Waals surface area contributed by atoms with E-state index in [1.807, 2.05) is 45.0 Å². The third-order valence-electron chi connectivity index (χ3n) is 12.5. The molecule has 0 unspecified atom stereocenters.